The van der Waals surface area contributed by atoms with Crippen molar-refractivity contribution in [1.29, 1.82) is 5.26 Å². The van der Waals surface area contributed by atoms with E-state index in [1.807, 2.05) is 13.8 Å². The summed E-state index contributed by atoms with van der Waals surface area (Å²) in [6, 6.07) is 4.70. The first-order valence-corrected chi connectivity index (χ1v) is 14.7. The Balaban J connectivity index is 1.50. The van der Waals surface area contributed by atoms with Crippen molar-refractivity contribution < 1.29 is 27.6 Å². The minimum absolute atomic E-state index is 0.159. The molecule has 8 nitrogen and oxygen atoms in total. The number of aromatic nitrogens is 1. The van der Waals surface area contributed by atoms with Crippen LogP contribution in [0.5, 0.6) is 0 Å². The lowest BCUT2D eigenvalue weighted by molar-refractivity contribution is -0.140. The van der Waals surface area contributed by atoms with E-state index in [2.05, 4.69) is 21.7 Å². The van der Waals surface area contributed by atoms with Crippen LogP contribution in [0.15, 0.2) is 12.1 Å². The van der Waals surface area contributed by atoms with Crippen molar-refractivity contribution >= 4 is 25.8 Å². The molecule has 3 N–H and O–H groups in total. The molecule has 0 saturated carbocycles. The molecule has 1 aromatic rings. The Kier molecular flexibility index (Phi) is 6.50. The van der Waals surface area contributed by atoms with Crippen molar-refractivity contribution in [1.82, 2.24) is 20.5 Å². The highest BCUT2D eigenvalue weighted by Gasteiger charge is 2.52. The number of H-pyrrole nitrogens is 1. The van der Waals surface area contributed by atoms with Gasteiger partial charge in [0.2, 0.25) is 11.8 Å². The topological polar surface area (TPSA) is 118 Å². The number of carbonyl (C=O) groups is 3. The second-order valence-electron chi connectivity index (χ2n) is 10.8. The van der Waals surface area contributed by atoms with E-state index in [0.717, 1.165) is 37.1 Å². The molecule has 0 aromatic carbocycles. The molecule has 3 aliphatic heterocycles. The summed E-state index contributed by atoms with van der Waals surface area (Å²) in [5.41, 5.74) is -1.61. The van der Waals surface area contributed by atoms with Gasteiger partial charge in [-0.3, -0.25) is 14.4 Å². The molecule has 190 valence electrons. The molecule has 0 aliphatic carbocycles. The molecule has 35 heavy (non-hydrogen) atoms. The third-order valence-electron chi connectivity index (χ3n) is 7.54. The van der Waals surface area contributed by atoms with Crippen molar-refractivity contribution in [2.75, 3.05) is 6.17 Å². The maximum absolute atomic E-state index is 13.3. The van der Waals surface area contributed by atoms with Gasteiger partial charge >= 0.3 is 6.18 Å². The van der Waals surface area contributed by atoms with Gasteiger partial charge in [-0.2, -0.15) is 18.4 Å². The van der Waals surface area contributed by atoms with Gasteiger partial charge in [-0.05, 0) is 44.9 Å². The minimum Gasteiger partial charge on any atom is -0.351 e. The van der Waals surface area contributed by atoms with Crippen LogP contribution in [0.2, 0.25) is 18.1 Å². The number of rotatable bonds is 5. The molecule has 0 bridgehead atoms. The van der Waals surface area contributed by atoms with E-state index >= 15 is 0 Å². The monoisotopic (exact) mass is 509 g/mol. The summed E-state index contributed by atoms with van der Waals surface area (Å²) in [6.07, 6.45) is -1.44. The zero-order valence-electron chi connectivity index (χ0n) is 19.8. The maximum Gasteiger partial charge on any atom is 0.431 e. The quantitative estimate of drug-likeness (QED) is 0.529. The zero-order valence-corrected chi connectivity index (χ0v) is 20.8. The molecule has 3 atom stereocenters. The zero-order chi connectivity index (χ0) is 25.6. The van der Waals surface area contributed by atoms with Gasteiger partial charge in [0.25, 0.3) is 5.91 Å². The third kappa shape index (κ3) is 5.24. The van der Waals surface area contributed by atoms with E-state index < -0.39 is 49.8 Å². The fourth-order valence-corrected chi connectivity index (χ4v) is 11.3. The van der Waals surface area contributed by atoms with E-state index in [1.165, 1.54) is 4.90 Å². The average molecular weight is 510 g/mol. The van der Waals surface area contributed by atoms with Gasteiger partial charge in [0.15, 0.2) is 0 Å². The van der Waals surface area contributed by atoms with Crippen molar-refractivity contribution in [3.05, 3.63) is 23.5 Å². The molecule has 3 unspecified atom stereocenters. The van der Waals surface area contributed by atoms with Crippen LogP contribution in [0, 0.1) is 17.2 Å². The SMILES string of the molecule is CC1(C)CC(CC(C#N)NC(=O)C2C[Si]3(CCCC3)CN2C(=O)c2ccc(C(F)(F)F)[nH]2)C(=O)N1. The average Bonchev–Trinajstić information content (AvgIpc) is 3.54. The number of halogens is 3. The molecule has 3 aliphatic rings. The molecule has 1 spiro atoms. The van der Waals surface area contributed by atoms with Gasteiger partial charge in [0.1, 0.15) is 23.5 Å². The van der Waals surface area contributed by atoms with E-state index in [0.29, 0.717) is 18.6 Å². The number of nitriles is 1. The third-order valence-corrected chi connectivity index (χ3v) is 12.6. The number of hydrogen-bond acceptors (Lipinski definition) is 4. The van der Waals surface area contributed by atoms with Crippen LogP contribution in [-0.2, 0) is 15.8 Å². The summed E-state index contributed by atoms with van der Waals surface area (Å²) in [5, 5.41) is 15.2. The van der Waals surface area contributed by atoms with Gasteiger partial charge < -0.3 is 20.5 Å². The van der Waals surface area contributed by atoms with Crippen molar-refractivity contribution in [2.45, 2.75) is 81.5 Å². The number of amides is 3. The summed E-state index contributed by atoms with van der Waals surface area (Å²) in [6.45, 7) is 3.78. The number of aromatic amines is 1. The van der Waals surface area contributed by atoms with Crippen LogP contribution < -0.4 is 10.6 Å². The second-order valence-corrected chi connectivity index (χ2v) is 15.6. The molecule has 0 radical (unpaired) electrons. The first kappa shape index (κ1) is 25.3. The van der Waals surface area contributed by atoms with Gasteiger partial charge in [0.05, 0.1) is 14.1 Å². The predicted molar refractivity (Wildman–Crippen MR) is 123 cm³/mol. The van der Waals surface area contributed by atoms with Crippen LogP contribution in [0.3, 0.4) is 0 Å². The van der Waals surface area contributed by atoms with Crippen LogP contribution in [0.1, 0.15) is 55.7 Å². The number of carbonyl (C=O) groups excluding carboxylic acids is 3. The first-order chi connectivity index (χ1) is 16.3. The normalized spacial score (nSPS) is 25.9. The van der Waals surface area contributed by atoms with Crippen LogP contribution >= 0.6 is 0 Å². The molecular weight excluding hydrogens is 479 g/mol. The summed E-state index contributed by atoms with van der Waals surface area (Å²) in [5.74, 6) is -1.69. The Morgan fingerprint density at radius 1 is 1.31 bits per heavy atom. The fourth-order valence-electron chi connectivity index (χ4n) is 5.91. The number of nitrogens with one attached hydrogen (secondary N) is 3. The maximum atomic E-state index is 13.3. The van der Waals surface area contributed by atoms with Crippen molar-refractivity contribution in [3.8, 4) is 6.07 Å². The Hall–Kier alpha value is -2.81. The van der Waals surface area contributed by atoms with Gasteiger partial charge in [0, 0.05) is 17.6 Å². The number of alkyl halides is 3. The lowest BCUT2D eigenvalue weighted by atomic mass is 9.92. The highest BCUT2D eigenvalue weighted by atomic mass is 28.3. The highest BCUT2D eigenvalue weighted by molar-refractivity contribution is 6.82. The predicted octanol–water partition coefficient (Wildman–Crippen LogP) is 2.95. The van der Waals surface area contributed by atoms with Gasteiger partial charge in [-0.1, -0.05) is 24.9 Å². The van der Waals surface area contributed by atoms with Crippen LogP contribution in [-0.4, -0.2) is 59.5 Å². The Bertz CT molecular complexity index is 1060. The molecule has 4 rings (SSSR count). The van der Waals surface area contributed by atoms with E-state index in [-0.39, 0.29) is 23.6 Å². The molecule has 3 amide bonds. The number of nitrogens with zero attached hydrogens (tertiary/aromatic N) is 2. The van der Waals surface area contributed by atoms with Gasteiger partial charge in [-0.25, -0.2) is 0 Å². The standard InChI is InChI=1S/C23H30F3N5O3Si/c1-22(2)10-14(19(32)30-22)9-15(11-27)28-20(33)17-12-35(7-3-4-8-35)13-31(17)21(34)16-5-6-18(29-16)23(24,25)26/h5-6,14-15,17,29H,3-4,7-10,12-13H2,1-2H3,(H,28,33)(H,30,32). The molecule has 1 aromatic heterocycles. The van der Waals surface area contributed by atoms with E-state index in [9.17, 15) is 32.8 Å². The van der Waals surface area contributed by atoms with Crippen molar-refractivity contribution in [3.63, 3.8) is 0 Å². The Labute approximate surface area is 202 Å². The van der Waals surface area contributed by atoms with Gasteiger partial charge in [-0.15, -0.1) is 0 Å². The minimum atomic E-state index is -4.61. The molecule has 4 heterocycles. The molecule has 3 fully saturated rings. The Morgan fingerprint density at radius 3 is 2.54 bits per heavy atom. The number of hydrogen-bond donors (Lipinski definition) is 3. The summed E-state index contributed by atoms with van der Waals surface area (Å²) in [4.78, 5) is 42.4. The molecule has 3 saturated heterocycles. The van der Waals surface area contributed by atoms with Crippen LogP contribution in [0.25, 0.3) is 0 Å². The first-order valence-electron chi connectivity index (χ1n) is 11.9. The highest BCUT2D eigenvalue weighted by Crippen LogP contribution is 2.41. The smallest absolute Gasteiger partial charge is 0.351 e. The summed E-state index contributed by atoms with van der Waals surface area (Å²) >= 11 is 0. The van der Waals surface area contributed by atoms with Crippen LogP contribution in [0.4, 0.5) is 13.2 Å². The lowest BCUT2D eigenvalue weighted by Crippen LogP contribution is -2.49. The Morgan fingerprint density at radius 2 is 2.00 bits per heavy atom. The largest absolute Gasteiger partial charge is 0.431 e. The van der Waals surface area contributed by atoms with E-state index in [1.54, 1.807) is 0 Å². The lowest BCUT2D eigenvalue weighted by Gasteiger charge is -2.25. The summed E-state index contributed by atoms with van der Waals surface area (Å²) in [7, 11) is -1.95. The summed E-state index contributed by atoms with van der Waals surface area (Å²) < 4.78 is 39.1. The van der Waals surface area contributed by atoms with E-state index in [4.69, 9.17) is 0 Å². The molecular formula is C23H30F3N5O3Si. The van der Waals surface area contributed by atoms with Crippen molar-refractivity contribution in [2.24, 2.45) is 5.92 Å². The second kappa shape index (κ2) is 9.00. The fraction of sp³-hybridized carbons (Fsp3) is 0.652. The molecule has 12 heteroatoms.